The summed E-state index contributed by atoms with van der Waals surface area (Å²) in [4.78, 5) is 24.3. The molecule has 188 valence electrons. The Morgan fingerprint density at radius 3 is 2.46 bits per heavy atom. The number of carbonyl (C=O) groups is 1. The maximum Gasteiger partial charge on any atom is 0.391 e. The van der Waals surface area contributed by atoms with Crippen molar-refractivity contribution in [2.75, 3.05) is 18.6 Å². The predicted molar refractivity (Wildman–Crippen MR) is 124 cm³/mol. The van der Waals surface area contributed by atoms with Gasteiger partial charge in [0.25, 0.3) is 5.91 Å². The number of anilines is 2. The Morgan fingerprint density at radius 1 is 1.14 bits per heavy atom. The maximum atomic E-state index is 13.0. The zero-order chi connectivity index (χ0) is 25.2. The number of hydrogen-bond acceptors (Lipinski definition) is 5. The van der Waals surface area contributed by atoms with Crippen molar-refractivity contribution in [2.24, 2.45) is 5.92 Å². The van der Waals surface area contributed by atoms with E-state index in [9.17, 15) is 22.4 Å². The van der Waals surface area contributed by atoms with Gasteiger partial charge in [-0.3, -0.25) is 9.78 Å². The third-order valence-electron chi connectivity index (χ3n) is 5.78. The van der Waals surface area contributed by atoms with E-state index in [2.05, 4.69) is 25.6 Å². The number of halogens is 6. The highest BCUT2D eigenvalue weighted by Crippen LogP contribution is 2.38. The van der Waals surface area contributed by atoms with Gasteiger partial charge in [-0.2, -0.15) is 13.2 Å². The van der Waals surface area contributed by atoms with E-state index in [4.69, 9.17) is 27.9 Å². The number of aromatic amines is 1. The molecule has 13 heteroatoms. The van der Waals surface area contributed by atoms with Crippen LogP contribution in [0.1, 0.15) is 36.0 Å². The molecule has 1 aliphatic carbocycles. The fourth-order valence-corrected chi connectivity index (χ4v) is 4.48. The van der Waals surface area contributed by atoms with Gasteiger partial charge in [-0.05, 0) is 31.7 Å². The molecular formula is C22H21Cl2F4N5O2. The molecule has 0 bridgehead atoms. The predicted octanol–water partition coefficient (Wildman–Crippen LogP) is 6.21. The van der Waals surface area contributed by atoms with E-state index in [1.165, 1.54) is 24.5 Å². The number of benzene rings is 1. The molecule has 7 nitrogen and oxygen atoms in total. The highest BCUT2D eigenvalue weighted by Gasteiger charge is 2.41. The molecule has 1 aliphatic rings. The molecule has 2 heterocycles. The molecule has 1 saturated carbocycles. The molecule has 35 heavy (non-hydrogen) atoms. The van der Waals surface area contributed by atoms with Crippen LogP contribution in [0.5, 0.6) is 5.75 Å². The second kappa shape index (κ2) is 10.4. The zero-order valence-electron chi connectivity index (χ0n) is 18.2. The van der Waals surface area contributed by atoms with Crippen LogP contribution in [0.15, 0.2) is 24.5 Å². The summed E-state index contributed by atoms with van der Waals surface area (Å²) in [6.45, 7) is -1.04. The van der Waals surface area contributed by atoms with Crippen molar-refractivity contribution in [1.82, 2.24) is 20.3 Å². The van der Waals surface area contributed by atoms with E-state index in [1.807, 2.05) is 0 Å². The molecule has 1 amide bonds. The zero-order valence-corrected chi connectivity index (χ0v) is 19.7. The Labute approximate surface area is 207 Å². The first kappa shape index (κ1) is 25.3. The van der Waals surface area contributed by atoms with Gasteiger partial charge in [-0.1, -0.05) is 23.2 Å². The Balaban J connectivity index is 1.56. The molecule has 3 N–H and O–H groups in total. The van der Waals surface area contributed by atoms with Crippen LogP contribution in [-0.4, -0.2) is 46.4 Å². The summed E-state index contributed by atoms with van der Waals surface area (Å²) in [6.07, 6.45) is -1.09. The van der Waals surface area contributed by atoms with Gasteiger partial charge < -0.3 is 20.4 Å². The standard InChI is InChI=1S/C22H21Cl2F4N5O2/c23-14-9-29-10-15(24)19(14)33-21-31-16-7-13(18(35-6-5-25)8-17(16)32-21)20(34)30-12-3-1-11(2-4-12)22(26,27)28/h7-12H,1-6H2,(H,30,34)(H2,29,31,32,33)/t11-,12-. The maximum absolute atomic E-state index is 13.0. The number of amides is 1. The van der Waals surface area contributed by atoms with Crippen LogP contribution in [0.2, 0.25) is 10.0 Å². The molecule has 0 spiro atoms. The lowest BCUT2D eigenvalue weighted by molar-refractivity contribution is -0.182. The molecule has 0 saturated heterocycles. The molecule has 4 rings (SSSR count). The number of aromatic nitrogens is 3. The number of nitrogens with one attached hydrogen (secondary N) is 3. The normalized spacial score (nSPS) is 18.5. The van der Waals surface area contributed by atoms with Gasteiger partial charge in [0.1, 0.15) is 19.0 Å². The van der Waals surface area contributed by atoms with Crippen LogP contribution in [0.4, 0.5) is 29.2 Å². The monoisotopic (exact) mass is 533 g/mol. The van der Waals surface area contributed by atoms with Gasteiger partial charge in [0.15, 0.2) is 0 Å². The van der Waals surface area contributed by atoms with Crippen molar-refractivity contribution in [2.45, 2.75) is 37.9 Å². The molecule has 0 radical (unpaired) electrons. The lowest BCUT2D eigenvalue weighted by Crippen LogP contribution is -2.40. The minimum absolute atomic E-state index is 0.0484. The fraction of sp³-hybridized carbons (Fsp3) is 0.409. The van der Waals surface area contributed by atoms with Crippen LogP contribution in [0.25, 0.3) is 11.0 Å². The van der Waals surface area contributed by atoms with Crippen molar-refractivity contribution < 1.29 is 27.1 Å². The number of hydrogen-bond donors (Lipinski definition) is 3. The van der Waals surface area contributed by atoms with E-state index in [0.717, 1.165) is 0 Å². The van der Waals surface area contributed by atoms with Crippen LogP contribution in [0, 0.1) is 5.92 Å². The molecule has 0 aliphatic heterocycles. The number of alkyl halides is 4. The second-order valence-electron chi connectivity index (χ2n) is 8.16. The van der Waals surface area contributed by atoms with E-state index >= 15 is 0 Å². The number of nitrogens with zero attached hydrogens (tertiary/aromatic N) is 2. The molecule has 2 aromatic heterocycles. The summed E-state index contributed by atoms with van der Waals surface area (Å²) in [7, 11) is 0. The summed E-state index contributed by atoms with van der Waals surface area (Å²) >= 11 is 12.3. The quantitative estimate of drug-likeness (QED) is 0.314. The van der Waals surface area contributed by atoms with Crippen LogP contribution in [0.3, 0.4) is 0 Å². The van der Waals surface area contributed by atoms with E-state index in [0.29, 0.717) is 16.7 Å². The average Bonchev–Trinajstić information content (AvgIpc) is 3.20. The minimum atomic E-state index is -4.23. The Morgan fingerprint density at radius 2 is 1.83 bits per heavy atom. The molecule has 1 fully saturated rings. The lowest BCUT2D eigenvalue weighted by atomic mass is 9.85. The summed E-state index contributed by atoms with van der Waals surface area (Å²) in [6, 6.07) is 2.57. The summed E-state index contributed by atoms with van der Waals surface area (Å²) < 4.78 is 57.0. The van der Waals surface area contributed by atoms with Crippen molar-refractivity contribution in [3.05, 3.63) is 40.1 Å². The third kappa shape index (κ3) is 5.90. The molecule has 0 atom stereocenters. The molecule has 3 aromatic rings. The summed E-state index contributed by atoms with van der Waals surface area (Å²) in [5.74, 6) is -1.50. The number of imidazole rings is 1. The van der Waals surface area contributed by atoms with Gasteiger partial charge in [0.2, 0.25) is 5.95 Å². The van der Waals surface area contributed by atoms with E-state index in [1.54, 1.807) is 0 Å². The Hall–Kier alpha value is -2.79. The number of rotatable bonds is 7. The first-order valence-corrected chi connectivity index (χ1v) is 11.6. The third-order valence-corrected chi connectivity index (χ3v) is 6.36. The van der Waals surface area contributed by atoms with Crippen LogP contribution in [-0.2, 0) is 0 Å². The number of H-pyrrole nitrogens is 1. The average molecular weight is 534 g/mol. The smallest absolute Gasteiger partial charge is 0.391 e. The van der Waals surface area contributed by atoms with Gasteiger partial charge in [-0.25, -0.2) is 9.37 Å². The number of fused-ring (bicyclic) bond motifs is 1. The van der Waals surface area contributed by atoms with Crippen molar-refractivity contribution >= 4 is 51.8 Å². The molecule has 1 aromatic carbocycles. The number of ether oxygens (including phenoxy) is 1. The van der Waals surface area contributed by atoms with Crippen molar-refractivity contribution in [3.8, 4) is 5.75 Å². The topological polar surface area (TPSA) is 91.9 Å². The molecule has 0 unspecified atom stereocenters. The lowest BCUT2D eigenvalue weighted by Gasteiger charge is -2.30. The second-order valence-corrected chi connectivity index (χ2v) is 8.97. The van der Waals surface area contributed by atoms with Crippen LogP contribution < -0.4 is 15.4 Å². The Kier molecular flexibility index (Phi) is 7.56. The van der Waals surface area contributed by atoms with Crippen molar-refractivity contribution in [1.29, 1.82) is 0 Å². The van der Waals surface area contributed by atoms with Gasteiger partial charge >= 0.3 is 6.18 Å². The van der Waals surface area contributed by atoms with Gasteiger partial charge in [0.05, 0.1) is 38.2 Å². The number of pyridine rings is 1. The van der Waals surface area contributed by atoms with Crippen LogP contribution >= 0.6 is 23.2 Å². The summed E-state index contributed by atoms with van der Waals surface area (Å²) in [5.41, 5.74) is 1.36. The minimum Gasteiger partial charge on any atom is -0.490 e. The summed E-state index contributed by atoms with van der Waals surface area (Å²) in [5, 5.41) is 6.27. The highest BCUT2D eigenvalue weighted by molar-refractivity contribution is 6.39. The largest absolute Gasteiger partial charge is 0.490 e. The van der Waals surface area contributed by atoms with E-state index in [-0.39, 0.29) is 59.6 Å². The fourth-order valence-electron chi connectivity index (χ4n) is 4.02. The first-order valence-electron chi connectivity index (χ1n) is 10.8. The number of carbonyl (C=O) groups excluding carboxylic acids is 1. The highest BCUT2D eigenvalue weighted by atomic mass is 35.5. The first-order chi connectivity index (χ1) is 16.7. The van der Waals surface area contributed by atoms with Crippen molar-refractivity contribution in [3.63, 3.8) is 0 Å². The SMILES string of the molecule is O=C(N[C@H]1CC[C@H](C(F)(F)F)CC1)c1cc2nc(Nc3c(Cl)cncc3Cl)[nH]c2cc1OCCF. The van der Waals surface area contributed by atoms with E-state index < -0.39 is 30.7 Å². The molecular weight excluding hydrogens is 513 g/mol. The van der Waals surface area contributed by atoms with Gasteiger partial charge in [-0.15, -0.1) is 0 Å². The van der Waals surface area contributed by atoms with Gasteiger partial charge in [0, 0.05) is 24.5 Å². The Bertz CT molecular complexity index is 1190.